The Balaban J connectivity index is 2.37. The highest BCUT2D eigenvalue weighted by Gasteiger charge is 2.15. The first kappa shape index (κ1) is 15.2. The molecule has 2 aromatic carbocycles. The van der Waals surface area contributed by atoms with E-state index in [9.17, 15) is 4.79 Å². The van der Waals surface area contributed by atoms with Gasteiger partial charge in [-0.2, -0.15) is 0 Å². The number of rotatable bonds is 3. The second-order valence-electron chi connectivity index (χ2n) is 4.83. The van der Waals surface area contributed by atoms with Gasteiger partial charge in [0.15, 0.2) is 0 Å². The number of hydrogen-bond acceptors (Lipinski definition) is 3. The topological polar surface area (TPSA) is 64.3 Å². The summed E-state index contributed by atoms with van der Waals surface area (Å²) in [6.07, 6.45) is 0. The third-order valence-corrected chi connectivity index (χ3v) is 3.43. The summed E-state index contributed by atoms with van der Waals surface area (Å²) in [6, 6.07) is 8.56. The third kappa shape index (κ3) is 3.28. The number of carbonyl (C=O) groups excluding carboxylic acids is 1. The van der Waals surface area contributed by atoms with Crippen LogP contribution < -0.4 is 15.8 Å². The van der Waals surface area contributed by atoms with Crippen LogP contribution in [-0.2, 0) is 0 Å². The van der Waals surface area contributed by atoms with Crippen LogP contribution in [0.15, 0.2) is 30.3 Å². The molecule has 0 atom stereocenters. The fourth-order valence-electron chi connectivity index (χ4n) is 2.23. The molecule has 0 spiro atoms. The molecule has 110 valence electrons. The van der Waals surface area contributed by atoms with Crippen LogP contribution in [0.5, 0.6) is 5.75 Å². The molecule has 0 bridgehead atoms. The summed E-state index contributed by atoms with van der Waals surface area (Å²) >= 11 is 5.95. The standard InChI is InChI=1S/C16H17ClN2O2/c1-9-6-12(18)7-10(2)15(9)19-16(20)13-8-11(17)4-5-14(13)21-3/h4-8H,18H2,1-3H3,(H,19,20). The maximum Gasteiger partial charge on any atom is 0.259 e. The minimum Gasteiger partial charge on any atom is -0.496 e. The van der Waals surface area contributed by atoms with Crippen LogP contribution in [0, 0.1) is 13.8 Å². The van der Waals surface area contributed by atoms with Crippen molar-refractivity contribution < 1.29 is 9.53 Å². The number of benzene rings is 2. The molecular formula is C16H17ClN2O2. The fourth-order valence-corrected chi connectivity index (χ4v) is 2.40. The van der Waals surface area contributed by atoms with Gasteiger partial charge in [-0.05, 0) is 55.3 Å². The van der Waals surface area contributed by atoms with E-state index in [1.54, 1.807) is 18.2 Å². The van der Waals surface area contributed by atoms with Crippen molar-refractivity contribution in [2.24, 2.45) is 0 Å². The number of methoxy groups -OCH3 is 1. The molecule has 0 radical (unpaired) electrons. The molecule has 0 saturated heterocycles. The molecule has 0 fully saturated rings. The Morgan fingerprint density at radius 2 is 1.81 bits per heavy atom. The Hall–Kier alpha value is -2.20. The van der Waals surface area contributed by atoms with Crippen LogP contribution >= 0.6 is 11.6 Å². The maximum atomic E-state index is 12.5. The zero-order chi connectivity index (χ0) is 15.6. The first-order valence-corrected chi connectivity index (χ1v) is 6.81. The lowest BCUT2D eigenvalue weighted by Gasteiger charge is -2.14. The molecule has 0 aliphatic heterocycles. The van der Waals surface area contributed by atoms with Crippen molar-refractivity contribution in [1.29, 1.82) is 0 Å². The Bertz CT molecular complexity index is 676. The number of nitrogen functional groups attached to an aromatic ring is 1. The van der Waals surface area contributed by atoms with E-state index in [1.807, 2.05) is 26.0 Å². The van der Waals surface area contributed by atoms with E-state index in [0.29, 0.717) is 22.0 Å². The monoisotopic (exact) mass is 304 g/mol. The van der Waals surface area contributed by atoms with Crippen LogP contribution in [0.1, 0.15) is 21.5 Å². The van der Waals surface area contributed by atoms with Gasteiger partial charge in [-0.15, -0.1) is 0 Å². The quantitative estimate of drug-likeness (QED) is 0.848. The van der Waals surface area contributed by atoms with Gasteiger partial charge in [-0.3, -0.25) is 4.79 Å². The molecule has 0 heterocycles. The Morgan fingerprint density at radius 3 is 2.38 bits per heavy atom. The molecular weight excluding hydrogens is 288 g/mol. The SMILES string of the molecule is COc1ccc(Cl)cc1C(=O)Nc1c(C)cc(N)cc1C. The van der Waals surface area contributed by atoms with Gasteiger partial charge in [0.2, 0.25) is 0 Å². The number of nitrogens with one attached hydrogen (secondary N) is 1. The average Bonchev–Trinajstić information content (AvgIpc) is 2.42. The first-order valence-electron chi connectivity index (χ1n) is 6.44. The van der Waals surface area contributed by atoms with Gasteiger partial charge in [0.05, 0.1) is 12.7 Å². The second kappa shape index (κ2) is 6.06. The number of nitrogens with two attached hydrogens (primary N) is 1. The van der Waals surface area contributed by atoms with E-state index < -0.39 is 0 Å². The number of carbonyl (C=O) groups is 1. The number of ether oxygens (including phenoxy) is 1. The molecule has 4 nitrogen and oxygen atoms in total. The summed E-state index contributed by atoms with van der Waals surface area (Å²) in [6.45, 7) is 3.79. The highest BCUT2D eigenvalue weighted by Crippen LogP contribution is 2.27. The summed E-state index contributed by atoms with van der Waals surface area (Å²) in [5, 5.41) is 3.37. The van der Waals surface area contributed by atoms with Crippen LogP contribution in [-0.4, -0.2) is 13.0 Å². The van der Waals surface area contributed by atoms with Gasteiger partial charge in [-0.1, -0.05) is 11.6 Å². The highest BCUT2D eigenvalue weighted by atomic mass is 35.5. The van der Waals surface area contributed by atoms with Crippen LogP contribution in [0.25, 0.3) is 0 Å². The summed E-state index contributed by atoms with van der Waals surface area (Å²) in [4.78, 5) is 12.5. The summed E-state index contributed by atoms with van der Waals surface area (Å²) in [5.74, 6) is 0.202. The van der Waals surface area contributed by atoms with Crippen molar-refractivity contribution >= 4 is 28.9 Å². The van der Waals surface area contributed by atoms with Crippen molar-refractivity contribution in [3.8, 4) is 5.75 Å². The van der Waals surface area contributed by atoms with Crippen molar-refractivity contribution in [2.45, 2.75) is 13.8 Å². The fraction of sp³-hybridized carbons (Fsp3) is 0.188. The summed E-state index contributed by atoms with van der Waals surface area (Å²) in [5.41, 5.74) is 9.40. The zero-order valence-electron chi connectivity index (χ0n) is 12.2. The molecule has 5 heteroatoms. The van der Waals surface area contributed by atoms with Crippen molar-refractivity contribution in [3.05, 3.63) is 52.0 Å². The summed E-state index contributed by atoms with van der Waals surface area (Å²) in [7, 11) is 1.51. The molecule has 3 N–H and O–H groups in total. The number of hydrogen-bond donors (Lipinski definition) is 2. The normalized spacial score (nSPS) is 10.3. The van der Waals surface area contributed by atoms with E-state index >= 15 is 0 Å². The maximum absolute atomic E-state index is 12.5. The Labute approximate surface area is 128 Å². The van der Waals surface area contributed by atoms with Gasteiger partial charge in [0.1, 0.15) is 5.75 Å². The van der Waals surface area contributed by atoms with Gasteiger partial charge < -0.3 is 15.8 Å². The van der Waals surface area contributed by atoms with Gasteiger partial charge in [-0.25, -0.2) is 0 Å². The number of anilines is 2. The molecule has 2 aromatic rings. The smallest absolute Gasteiger partial charge is 0.259 e. The van der Waals surface area contributed by atoms with E-state index in [4.69, 9.17) is 22.1 Å². The van der Waals surface area contributed by atoms with Crippen LogP contribution in [0.4, 0.5) is 11.4 Å². The van der Waals surface area contributed by atoms with Crippen molar-refractivity contribution in [2.75, 3.05) is 18.2 Å². The predicted molar refractivity (Wildman–Crippen MR) is 86.3 cm³/mol. The molecule has 0 saturated carbocycles. The largest absolute Gasteiger partial charge is 0.496 e. The molecule has 0 aliphatic rings. The van der Waals surface area contributed by atoms with E-state index in [-0.39, 0.29) is 5.91 Å². The number of amides is 1. The Morgan fingerprint density at radius 1 is 1.19 bits per heavy atom. The van der Waals surface area contributed by atoms with Crippen LogP contribution in [0.3, 0.4) is 0 Å². The van der Waals surface area contributed by atoms with E-state index in [1.165, 1.54) is 7.11 Å². The van der Waals surface area contributed by atoms with Crippen molar-refractivity contribution in [3.63, 3.8) is 0 Å². The Kier molecular flexibility index (Phi) is 4.38. The second-order valence-corrected chi connectivity index (χ2v) is 5.26. The first-order chi connectivity index (χ1) is 9.92. The van der Waals surface area contributed by atoms with Crippen LogP contribution in [0.2, 0.25) is 5.02 Å². The van der Waals surface area contributed by atoms with Gasteiger partial charge >= 0.3 is 0 Å². The lowest BCUT2D eigenvalue weighted by molar-refractivity contribution is 0.102. The molecule has 1 amide bonds. The van der Waals surface area contributed by atoms with Crippen molar-refractivity contribution in [1.82, 2.24) is 0 Å². The van der Waals surface area contributed by atoms with E-state index in [2.05, 4.69) is 5.32 Å². The third-order valence-electron chi connectivity index (χ3n) is 3.20. The molecule has 21 heavy (non-hydrogen) atoms. The molecule has 2 rings (SSSR count). The highest BCUT2D eigenvalue weighted by molar-refractivity contribution is 6.31. The van der Waals surface area contributed by atoms with Gasteiger partial charge in [0, 0.05) is 16.4 Å². The van der Waals surface area contributed by atoms with E-state index in [0.717, 1.165) is 16.8 Å². The number of aryl methyl sites for hydroxylation is 2. The lowest BCUT2D eigenvalue weighted by Crippen LogP contribution is -2.15. The minimum atomic E-state index is -0.273. The van der Waals surface area contributed by atoms with Gasteiger partial charge in [0.25, 0.3) is 5.91 Å². The minimum absolute atomic E-state index is 0.273. The molecule has 0 aliphatic carbocycles. The predicted octanol–water partition coefficient (Wildman–Crippen LogP) is 3.80. The molecule has 0 aromatic heterocycles. The number of halogens is 1. The molecule has 0 unspecified atom stereocenters. The zero-order valence-corrected chi connectivity index (χ0v) is 12.9. The lowest BCUT2D eigenvalue weighted by atomic mass is 10.1. The average molecular weight is 305 g/mol. The summed E-state index contributed by atoms with van der Waals surface area (Å²) < 4.78 is 5.20.